The lowest BCUT2D eigenvalue weighted by Gasteiger charge is -2.28. The van der Waals surface area contributed by atoms with Crippen LogP contribution in [0.4, 0.5) is 5.69 Å². The molecule has 0 amide bonds. The first-order valence-electron chi connectivity index (χ1n) is 7.28. The van der Waals surface area contributed by atoms with E-state index in [1.165, 1.54) is 4.68 Å². The van der Waals surface area contributed by atoms with Crippen molar-refractivity contribution in [3.63, 3.8) is 0 Å². The van der Waals surface area contributed by atoms with E-state index in [1.54, 1.807) is 24.6 Å². The van der Waals surface area contributed by atoms with Gasteiger partial charge in [0.25, 0.3) is 5.56 Å². The first kappa shape index (κ1) is 15.5. The van der Waals surface area contributed by atoms with Crippen LogP contribution in [0.15, 0.2) is 28.5 Å². The molecule has 3 heterocycles. The number of hydrogen-bond acceptors (Lipinski definition) is 5. The zero-order valence-electron chi connectivity index (χ0n) is 12.3. The van der Waals surface area contributed by atoms with Crippen LogP contribution in [0.3, 0.4) is 0 Å². The highest BCUT2D eigenvalue weighted by Crippen LogP contribution is 2.34. The second kappa shape index (κ2) is 6.40. The summed E-state index contributed by atoms with van der Waals surface area (Å²) in [6.45, 7) is 0.830. The smallest absolute Gasteiger partial charge is 0.287 e. The van der Waals surface area contributed by atoms with E-state index in [-0.39, 0.29) is 16.6 Å². The molecule has 1 aliphatic heterocycles. The van der Waals surface area contributed by atoms with Crippen molar-refractivity contribution < 1.29 is 5.11 Å². The summed E-state index contributed by atoms with van der Waals surface area (Å²) in [6, 6.07) is 4.06. The molecule has 0 bridgehead atoms. The molecular weight excluding hydrogens is 322 g/mol. The molecule has 118 valence electrons. The summed E-state index contributed by atoms with van der Waals surface area (Å²) in [6.07, 6.45) is 3.79. The van der Waals surface area contributed by atoms with Crippen LogP contribution in [0.2, 0.25) is 5.02 Å². The molecule has 2 aromatic heterocycles. The second-order valence-corrected chi connectivity index (χ2v) is 6.89. The van der Waals surface area contributed by atoms with Gasteiger partial charge in [-0.2, -0.15) is 5.10 Å². The van der Waals surface area contributed by atoms with E-state index < -0.39 is 6.10 Å². The predicted molar refractivity (Wildman–Crippen MR) is 88.8 cm³/mol. The van der Waals surface area contributed by atoms with Crippen molar-refractivity contribution in [1.82, 2.24) is 9.78 Å². The minimum absolute atomic E-state index is 0.170. The Balaban J connectivity index is 1.82. The molecule has 0 unspecified atom stereocenters. The van der Waals surface area contributed by atoms with E-state index in [0.29, 0.717) is 12.1 Å². The second-order valence-electron chi connectivity index (χ2n) is 5.53. The Morgan fingerprint density at radius 3 is 3.14 bits per heavy atom. The van der Waals surface area contributed by atoms with E-state index in [2.05, 4.69) is 10.00 Å². The molecule has 22 heavy (non-hydrogen) atoms. The van der Waals surface area contributed by atoms with Crippen LogP contribution >= 0.6 is 22.9 Å². The Labute approximate surface area is 137 Å². The first-order chi connectivity index (χ1) is 10.6. The van der Waals surface area contributed by atoms with Crippen LogP contribution in [-0.2, 0) is 7.05 Å². The number of aliphatic hydroxyl groups excluding tert-OH is 1. The van der Waals surface area contributed by atoms with Gasteiger partial charge in [-0.1, -0.05) is 17.7 Å². The van der Waals surface area contributed by atoms with Gasteiger partial charge in [-0.05, 0) is 30.7 Å². The van der Waals surface area contributed by atoms with Crippen LogP contribution in [0.25, 0.3) is 0 Å². The van der Waals surface area contributed by atoms with Gasteiger partial charge in [0.05, 0.1) is 18.0 Å². The fourth-order valence-electron chi connectivity index (χ4n) is 2.95. The van der Waals surface area contributed by atoms with Gasteiger partial charge in [-0.15, -0.1) is 11.3 Å². The van der Waals surface area contributed by atoms with Gasteiger partial charge in [0.15, 0.2) is 0 Å². The number of aromatic nitrogens is 2. The molecule has 2 aromatic rings. The summed E-state index contributed by atoms with van der Waals surface area (Å²) in [7, 11) is 1.58. The maximum absolute atomic E-state index is 12.0. The molecule has 5 nitrogen and oxygen atoms in total. The van der Waals surface area contributed by atoms with Gasteiger partial charge in [0.1, 0.15) is 5.02 Å². The number of aliphatic hydroxyl groups is 1. The van der Waals surface area contributed by atoms with E-state index >= 15 is 0 Å². The third-order valence-corrected chi connectivity index (χ3v) is 5.44. The zero-order chi connectivity index (χ0) is 15.7. The van der Waals surface area contributed by atoms with Crippen LogP contribution < -0.4 is 10.5 Å². The van der Waals surface area contributed by atoms with Crippen LogP contribution in [0.1, 0.15) is 30.2 Å². The predicted octanol–water partition coefficient (Wildman–Crippen LogP) is 2.59. The molecule has 0 aromatic carbocycles. The summed E-state index contributed by atoms with van der Waals surface area (Å²) < 4.78 is 1.23. The van der Waals surface area contributed by atoms with Crippen molar-refractivity contribution in [3.05, 3.63) is 44.0 Å². The quantitative estimate of drug-likeness (QED) is 0.930. The van der Waals surface area contributed by atoms with Crippen molar-refractivity contribution in [2.45, 2.75) is 31.4 Å². The van der Waals surface area contributed by atoms with Crippen molar-refractivity contribution in [1.29, 1.82) is 0 Å². The summed E-state index contributed by atoms with van der Waals surface area (Å²) in [5.74, 6) is 0. The van der Waals surface area contributed by atoms with Gasteiger partial charge in [-0.3, -0.25) is 4.79 Å². The molecular formula is C15H18ClN3O2S. The average Bonchev–Trinajstić information content (AvgIpc) is 3.16. The van der Waals surface area contributed by atoms with Crippen LogP contribution in [0, 0.1) is 0 Å². The molecule has 0 radical (unpaired) electrons. The van der Waals surface area contributed by atoms with E-state index in [0.717, 1.165) is 24.3 Å². The van der Waals surface area contributed by atoms with Crippen LogP contribution in [0.5, 0.6) is 0 Å². The lowest BCUT2D eigenvalue weighted by atomic mass is 10.1. The highest BCUT2D eigenvalue weighted by atomic mass is 35.5. The van der Waals surface area contributed by atoms with Gasteiger partial charge in [0, 0.05) is 24.5 Å². The highest BCUT2D eigenvalue weighted by molar-refractivity contribution is 7.10. The van der Waals surface area contributed by atoms with Gasteiger partial charge < -0.3 is 10.0 Å². The van der Waals surface area contributed by atoms with Gasteiger partial charge in [0.2, 0.25) is 0 Å². The number of aryl methyl sites for hydroxylation is 1. The highest BCUT2D eigenvalue weighted by Gasteiger charge is 2.29. The third-order valence-electron chi connectivity index (χ3n) is 4.11. The maximum atomic E-state index is 12.0. The zero-order valence-corrected chi connectivity index (χ0v) is 13.8. The molecule has 0 spiro atoms. The SMILES string of the molecule is Cn1ncc(N2CCC[C@H]2C[C@@H](O)c2cccs2)c(Cl)c1=O. The van der Waals surface area contributed by atoms with Crippen molar-refractivity contribution in [2.75, 3.05) is 11.4 Å². The Bertz CT molecular complexity index is 701. The maximum Gasteiger partial charge on any atom is 0.287 e. The minimum Gasteiger partial charge on any atom is -0.387 e. The molecule has 7 heteroatoms. The minimum atomic E-state index is -0.483. The fourth-order valence-corrected chi connectivity index (χ4v) is 3.96. The molecule has 1 N–H and O–H groups in total. The number of anilines is 1. The lowest BCUT2D eigenvalue weighted by molar-refractivity contribution is 0.162. The van der Waals surface area contributed by atoms with E-state index in [9.17, 15) is 9.90 Å². The molecule has 0 aliphatic carbocycles. The van der Waals surface area contributed by atoms with Crippen molar-refractivity contribution in [3.8, 4) is 0 Å². The monoisotopic (exact) mass is 339 g/mol. The third kappa shape index (κ3) is 2.91. The Kier molecular flexibility index (Phi) is 4.52. The summed E-state index contributed by atoms with van der Waals surface area (Å²) in [5.41, 5.74) is 0.384. The fraction of sp³-hybridized carbons (Fsp3) is 0.467. The number of nitrogens with zero attached hydrogens (tertiary/aromatic N) is 3. The van der Waals surface area contributed by atoms with E-state index in [1.807, 2.05) is 17.5 Å². The molecule has 1 saturated heterocycles. The first-order valence-corrected chi connectivity index (χ1v) is 8.53. The summed E-state index contributed by atoms with van der Waals surface area (Å²) >= 11 is 7.76. The lowest BCUT2D eigenvalue weighted by Crippen LogP contribution is -2.33. The Morgan fingerprint density at radius 2 is 2.41 bits per heavy atom. The van der Waals surface area contributed by atoms with Crippen molar-refractivity contribution in [2.24, 2.45) is 7.05 Å². The average molecular weight is 340 g/mol. The number of halogens is 1. The van der Waals surface area contributed by atoms with Crippen LogP contribution in [-0.4, -0.2) is 27.5 Å². The van der Waals surface area contributed by atoms with Gasteiger partial charge >= 0.3 is 0 Å². The Morgan fingerprint density at radius 1 is 1.59 bits per heavy atom. The van der Waals surface area contributed by atoms with E-state index in [4.69, 9.17) is 11.6 Å². The standard InChI is InChI=1S/C15H18ClN3O2S/c1-18-15(21)14(16)11(9-17-18)19-6-2-4-10(19)8-12(20)13-5-3-7-22-13/h3,5,7,9-10,12,20H,2,4,6,8H2,1H3/t10-,12+/m0/s1. The molecule has 1 fully saturated rings. The molecule has 1 aliphatic rings. The largest absolute Gasteiger partial charge is 0.387 e. The summed E-state index contributed by atoms with van der Waals surface area (Å²) in [4.78, 5) is 15.0. The number of thiophene rings is 1. The summed E-state index contributed by atoms with van der Waals surface area (Å²) in [5, 5.41) is 16.6. The normalized spacial score (nSPS) is 19.6. The number of rotatable bonds is 4. The molecule has 0 saturated carbocycles. The molecule has 3 rings (SSSR count). The molecule has 2 atom stereocenters. The number of hydrogen-bond donors (Lipinski definition) is 1. The van der Waals surface area contributed by atoms with Gasteiger partial charge in [-0.25, -0.2) is 4.68 Å². The topological polar surface area (TPSA) is 58.4 Å². The van der Waals surface area contributed by atoms with Crippen molar-refractivity contribution >= 4 is 28.6 Å². The Hall–Kier alpha value is -1.37.